The van der Waals surface area contributed by atoms with Crippen molar-refractivity contribution < 1.29 is 0 Å². The number of nitrogens with two attached hydrogens (primary N) is 1. The molecule has 0 bridgehead atoms. The Morgan fingerprint density at radius 1 is 1.35 bits per heavy atom. The van der Waals surface area contributed by atoms with Crippen LogP contribution in [0.5, 0.6) is 0 Å². The van der Waals surface area contributed by atoms with Crippen molar-refractivity contribution in [2.24, 2.45) is 0 Å². The maximum absolute atomic E-state index is 6.13. The molecule has 0 radical (unpaired) electrons. The van der Waals surface area contributed by atoms with E-state index < -0.39 is 0 Å². The summed E-state index contributed by atoms with van der Waals surface area (Å²) in [7, 11) is 0. The van der Waals surface area contributed by atoms with Gasteiger partial charge in [0.2, 0.25) is 0 Å². The molecule has 0 aliphatic heterocycles. The Morgan fingerprint density at radius 2 is 2.12 bits per heavy atom. The van der Waals surface area contributed by atoms with E-state index >= 15 is 0 Å². The zero-order valence-corrected chi connectivity index (χ0v) is 12.1. The van der Waals surface area contributed by atoms with Crippen LogP contribution in [0.25, 0.3) is 0 Å². The Morgan fingerprint density at radius 3 is 2.76 bits per heavy atom. The molecule has 0 spiro atoms. The van der Waals surface area contributed by atoms with Crippen LogP contribution in [0.15, 0.2) is 30.5 Å². The third-order valence-corrected chi connectivity index (χ3v) is 3.22. The molecule has 2 rings (SSSR count). The fraction of sp³-hybridized carbons (Fsp3) is 0.0833. The number of benzene rings is 1. The number of aryl methyl sites for hydroxylation is 1. The smallest absolute Gasteiger partial charge is 0.153 e. The standard InChI is InChI=1S/C12H11ClIN3/c1-7-4-10(15)12(16-6-7)17-11-3-2-8(14)5-9(11)13/h2-6H,15H2,1H3,(H,16,17). The summed E-state index contributed by atoms with van der Waals surface area (Å²) < 4.78 is 1.09. The van der Waals surface area contributed by atoms with Crippen molar-refractivity contribution in [3.05, 3.63) is 44.6 Å². The second kappa shape index (κ2) is 5.10. The van der Waals surface area contributed by atoms with Crippen LogP contribution in [-0.4, -0.2) is 4.98 Å². The summed E-state index contributed by atoms with van der Waals surface area (Å²) in [5, 5.41) is 3.78. The number of halogens is 2. The lowest BCUT2D eigenvalue weighted by molar-refractivity contribution is 1.26. The topological polar surface area (TPSA) is 50.9 Å². The Kier molecular flexibility index (Phi) is 3.73. The number of hydrogen-bond acceptors (Lipinski definition) is 3. The normalized spacial score (nSPS) is 10.3. The van der Waals surface area contributed by atoms with Crippen LogP contribution in [0.2, 0.25) is 5.02 Å². The first kappa shape index (κ1) is 12.4. The summed E-state index contributed by atoms with van der Waals surface area (Å²) >= 11 is 8.34. The number of nitrogens with zero attached hydrogens (tertiary/aromatic N) is 1. The first-order valence-corrected chi connectivity index (χ1v) is 6.46. The fourth-order valence-electron chi connectivity index (χ4n) is 1.41. The molecular weight excluding hydrogens is 349 g/mol. The predicted octanol–water partition coefficient (Wildman–Crippen LogP) is 3.97. The van der Waals surface area contributed by atoms with Crippen molar-refractivity contribution in [2.45, 2.75) is 6.92 Å². The summed E-state index contributed by atoms with van der Waals surface area (Å²) in [6.07, 6.45) is 1.76. The van der Waals surface area contributed by atoms with Crippen LogP contribution in [-0.2, 0) is 0 Å². The second-order valence-electron chi connectivity index (χ2n) is 3.70. The summed E-state index contributed by atoms with van der Waals surface area (Å²) in [6, 6.07) is 7.63. The summed E-state index contributed by atoms with van der Waals surface area (Å²) in [6.45, 7) is 1.95. The van der Waals surface area contributed by atoms with E-state index in [-0.39, 0.29) is 0 Å². The van der Waals surface area contributed by atoms with Crippen molar-refractivity contribution in [2.75, 3.05) is 11.1 Å². The van der Waals surface area contributed by atoms with Gasteiger partial charge in [0.15, 0.2) is 5.82 Å². The van der Waals surface area contributed by atoms with Gasteiger partial charge in [0.05, 0.1) is 16.4 Å². The Bertz CT molecular complexity index is 508. The Labute approximate surface area is 119 Å². The van der Waals surface area contributed by atoms with E-state index in [1.165, 1.54) is 0 Å². The van der Waals surface area contributed by atoms with Crippen molar-refractivity contribution in [3.63, 3.8) is 0 Å². The van der Waals surface area contributed by atoms with Gasteiger partial charge in [-0.1, -0.05) is 11.6 Å². The lowest BCUT2D eigenvalue weighted by Crippen LogP contribution is -2.00. The fourth-order valence-corrected chi connectivity index (χ4v) is 2.32. The van der Waals surface area contributed by atoms with Gasteiger partial charge in [-0.15, -0.1) is 0 Å². The maximum Gasteiger partial charge on any atom is 0.153 e. The molecule has 0 aliphatic rings. The maximum atomic E-state index is 6.13. The van der Waals surface area contributed by atoms with E-state index in [1.807, 2.05) is 31.2 Å². The van der Waals surface area contributed by atoms with E-state index in [4.69, 9.17) is 17.3 Å². The molecule has 0 fully saturated rings. The highest BCUT2D eigenvalue weighted by molar-refractivity contribution is 14.1. The molecule has 0 amide bonds. The molecule has 5 heteroatoms. The SMILES string of the molecule is Cc1cnc(Nc2ccc(I)cc2Cl)c(N)c1. The minimum atomic E-state index is 0.611. The largest absolute Gasteiger partial charge is 0.396 e. The molecule has 3 N–H and O–H groups in total. The molecule has 3 nitrogen and oxygen atoms in total. The van der Waals surface area contributed by atoms with Gasteiger partial charge in [0.1, 0.15) is 0 Å². The molecule has 88 valence electrons. The quantitative estimate of drug-likeness (QED) is 0.798. The minimum Gasteiger partial charge on any atom is -0.396 e. The molecule has 0 aliphatic carbocycles. The predicted molar refractivity (Wildman–Crippen MR) is 80.8 cm³/mol. The number of nitrogen functional groups attached to an aromatic ring is 1. The van der Waals surface area contributed by atoms with E-state index in [9.17, 15) is 0 Å². The molecule has 1 aromatic heterocycles. The first-order valence-electron chi connectivity index (χ1n) is 5.00. The third kappa shape index (κ3) is 3.01. The first-order chi connectivity index (χ1) is 8.06. The average molecular weight is 360 g/mol. The van der Waals surface area contributed by atoms with Gasteiger partial charge in [0.25, 0.3) is 0 Å². The van der Waals surface area contributed by atoms with Crippen LogP contribution in [0.1, 0.15) is 5.56 Å². The zero-order valence-electron chi connectivity index (χ0n) is 9.17. The van der Waals surface area contributed by atoms with Gasteiger partial charge in [0, 0.05) is 9.77 Å². The van der Waals surface area contributed by atoms with Gasteiger partial charge in [-0.25, -0.2) is 4.98 Å². The van der Waals surface area contributed by atoms with E-state index in [1.54, 1.807) is 6.20 Å². The third-order valence-electron chi connectivity index (χ3n) is 2.24. The van der Waals surface area contributed by atoms with Crippen molar-refractivity contribution in [3.8, 4) is 0 Å². The molecule has 0 unspecified atom stereocenters. The van der Waals surface area contributed by atoms with Gasteiger partial charge in [-0.3, -0.25) is 0 Å². The monoisotopic (exact) mass is 359 g/mol. The highest BCUT2D eigenvalue weighted by atomic mass is 127. The second-order valence-corrected chi connectivity index (χ2v) is 5.35. The summed E-state index contributed by atoms with van der Waals surface area (Å²) in [5.41, 5.74) is 8.32. The van der Waals surface area contributed by atoms with E-state index in [0.29, 0.717) is 16.5 Å². The van der Waals surface area contributed by atoms with Crippen LogP contribution in [0.3, 0.4) is 0 Å². The van der Waals surface area contributed by atoms with Crippen LogP contribution in [0.4, 0.5) is 17.2 Å². The number of rotatable bonds is 2. The Hall–Kier alpha value is -1.01. The number of nitrogens with one attached hydrogen (secondary N) is 1. The van der Waals surface area contributed by atoms with Crippen LogP contribution >= 0.6 is 34.2 Å². The van der Waals surface area contributed by atoms with Gasteiger partial charge >= 0.3 is 0 Å². The number of pyridine rings is 1. The van der Waals surface area contributed by atoms with Gasteiger partial charge in [-0.05, 0) is 59.3 Å². The zero-order chi connectivity index (χ0) is 12.4. The van der Waals surface area contributed by atoms with Crippen molar-refractivity contribution in [1.29, 1.82) is 0 Å². The number of anilines is 3. The average Bonchev–Trinajstić information content (AvgIpc) is 2.25. The number of aromatic nitrogens is 1. The molecule has 1 heterocycles. The van der Waals surface area contributed by atoms with Gasteiger partial charge in [-0.2, -0.15) is 0 Å². The van der Waals surface area contributed by atoms with E-state index in [0.717, 1.165) is 14.8 Å². The van der Waals surface area contributed by atoms with Crippen molar-refractivity contribution in [1.82, 2.24) is 4.98 Å². The van der Waals surface area contributed by atoms with Crippen molar-refractivity contribution >= 4 is 51.4 Å². The highest BCUT2D eigenvalue weighted by Crippen LogP contribution is 2.28. The molecule has 0 saturated heterocycles. The lowest BCUT2D eigenvalue weighted by atomic mass is 10.2. The molecular formula is C12H11ClIN3. The molecule has 2 aromatic rings. The highest BCUT2D eigenvalue weighted by Gasteiger charge is 2.05. The lowest BCUT2D eigenvalue weighted by Gasteiger charge is -2.10. The van der Waals surface area contributed by atoms with Crippen LogP contribution in [0, 0.1) is 10.5 Å². The molecule has 0 saturated carbocycles. The molecule has 0 atom stereocenters. The minimum absolute atomic E-state index is 0.611. The summed E-state index contributed by atoms with van der Waals surface area (Å²) in [4.78, 5) is 4.24. The number of hydrogen-bond donors (Lipinski definition) is 2. The molecule has 1 aromatic carbocycles. The Balaban J connectivity index is 2.31. The van der Waals surface area contributed by atoms with E-state index in [2.05, 4.69) is 32.9 Å². The summed E-state index contributed by atoms with van der Waals surface area (Å²) in [5.74, 6) is 0.624. The molecule has 17 heavy (non-hydrogen) atoms. The van der Waals surface area contributed by atoms with Crippen LogP contribution < -0.4 is 11.1 Å². The van der Waals surface area contributed by atoms with Gasteiger partial charge < -0.3 is 11.1 Å².